The summed E-state index contributed by atoms with van der Waals surface area (Å²) in [6.45, 7) is 6.45. The van der Waals surface area contributed by atoms with Crippen molar-refractivity contribution < 1.29 is 27.5 Å². The Hall–Kier alpha value is -3.27. The molecular weight excluding hydrogens is 470 g/mol. The summed E-state index contributed by atoms with van der Waals surface area (Å²) in [7, 11) is -3.60. The minimum absolute atomic E-state index is 0.0895. The van der Waals surface area contributed by atoms with Crippen LogP contribution in [0.2, 0.25) is 0 Å². The third-order valence-electron chi connectivity index (χ3n) is 5.92. The summed E-state index contributed by atoms with van der Waals surface area (Å²) in [6, 6.07) is 12.0. The Morgan fingerprint density at radius 2 is 1.83 bits per heavy atom. The van der Waals surface area contributed by atoms with E-state index in [4.69, 9.17) is 9.47 Å². The van der Waals surface area contributed by atoms with Gasteiger partial charge in [0, 0.05) is 32.1 Å². The van der Waals surface area contributed by atoms with Gasteiger partial charge in [-0.25, -0.2) is 8.42 Å². The third kappa shape index (κ3) is 6.66. The molecule has 0 radical (unpaired) electrons. The number of nitrogens with one attached hydrogen (secondary N) is 1. The molecule has 1 aliphatic heterocycles. The standard InChI is InChI=1S/C25H33N3O6S/c1-5-26-25(30)19(3)27(16-20-10-7-6-9-18(20)2)24(29)11-8-14-28(35(4,31)32)21-12-13-22-23(15-21)34-17-33-22/h6-7,9-10,12-13,15,19H,5,8,11,14,16-17H2,1-4H3,(H,26,30)/t19-/m0/s1. The molecule has 2 aromatic carbocycles. The Kier molecular flexibility index (Phi) is 8.61. The average Bonchev–Trinajstić information content (AvgIpc) is 3.28. The van der Waals surface area contributed by atoms with Crippen molar-refractivity contribution in [3.05, 3.63) is 53.6 Å². The summed E-state index contributed by atoms with van der Waals surface area (Å²) in [4.78, 5) is 27.4. The zero-order valence-electron chi connectivity index (χ0n) is 20.6. The van der Waals surface area contributed by atoms with Crippen molar-refractivity contribution >= 4 is 27.5 Å². The Morgan fingerprint density at radius 1 is 1.11 bits per heavy atom. The van der Waals surface area contributed by atoms with Gasteiger partial charge in [-0.05, 0) is 50.5 Å². The highest BCUT2D eigenvalue weighted by Gasteiger charge is 2.27. The molecule has 0 aliphatic carbocycles. The molecule has 35 heavy (non-hydrogen) atoms. The number of rotatable bonds is 11. The predicted molar refractivity (Wildman–Crippen MR) is 134 cm³/mol. The lowest BCUT2D eigenvalue weighted by atomic mass is 10.1. The first-order chi connectivity index (χ1) is 16.6. The number of likely N-dealkylation sites (N-methyl/N-ethyl adjacent to an activating group) is 1. The number of fused-ring (bicyclic) bond motifs is 1. The van der Waals surface area contributed by atoms with E-state index in [2.05, 4.69) is 5.32 Å². The van der Waals surface area contributed by atoms with Crippen LogP contribution in [0.5, 0.6) is 11.5 Å². The molecule has 0 saturated carbocycles. The van der Waals surface area contributed by atoms with Crippen molar-refractivity contribution in [3.63, 3.8) is 0 Å². The number of benzene rings is 2. The molecule has 1 atom stereocenters. The fraction of sp³-hybridized carbons (Fsp3) is 0.440. The molecule has 0 saturated heterocycles. The van der Waals surface area contributed by atoms with Crippen molar-refractivity contribution in [3.8, 4) is 11.5 Å². The lowest BCUT2D eigenvalue weighted by molar-refractivity contribution is -0.140. The maximum atomic E-state index is 13.3. The monoisotopic (exact) mass is 503 g/mol. The highest BCUT2D eigenvalue weighted by molar-refractivity contribution is 7.92. The number of anilines is 1. The number of hydrogen-bond acceptors (Lipinski definition) is 6. The highest BCUT2D eigenvalue weighted by atomic mass is 32.2. The Labute approximate surface area is 207 Å². The summed E-state index contributed by atoms with van der Waals surface area (Å²) >= 11 is 0. The van der Waals surface area contributed by atoms with E-state index in [1.165, 1.54) is 4.31 Å². The number of carbonyl (C=O) groups is 2. The number of nitrogens with zero attached hydrogens (tertiary/aromatic N) is 2. The van der Waals surface area contributed by atoms with Crippen molar-refractivity contribution in [2.75, 3.05) is 30.4 Å². The van der Waals surface area contributed by atoms with Gasteiger partial charge in [-0.1, -0.05) is 24.3 Å². The van der Waals surface area contributed by atoms with Crippen LogP contribution in [0.1, 0.15) is 37.8 Å². The molecule has 0 unspecified atom stereocenters. The van der Waals surface area contributed by atoms with Crippen molar-refractivity contribution in [1.29, 1.82) is 0 Å². The molecule has 0 spiro atoms. The molecule has 0 bridgehead atoms. The second-order valence-corrected chi connectivity index (χ2v) is 10.4. The molecule has 2 aromatic rings. The van der Waals surface area contributed by atoms with Gasteiger partial charge in [0.15, 0.2) is 11.5 Å². The second-order valence-electron chi connectivity index (χ2n) is 8.49. The van der Waals surface area contributed by atoms with Gasteiger partial charge in [-0.2, -0.15) is 0 Å². The largest absolute Gasteiger partial charge is 0.454 e. The molecule has 1 aliphatic rings. The minimum atomic E-state index is -3.60. The van der Waals surface area contributed by atoms with Crippen LogP contribution in [0.15, 0.2) is 42.5 Å². The molecule has 2 amide bonds. The van der Waals surface area contributed by atoms with E-state index in [0.29, 0.717) is 30.3 Å². The van der Waals surface area contributed by atoms with Gasteiger partial charge in [0.1, 0.15) is 6.04 Å². The van der Waals surface area contributed by atoms with E-state index in [1.54, 1.807) is 30.0 Å². The van der Waals surface area contributed by atoms with Gasteiger partial charge in [-0.3, -0.25) is 13.9 Å². The van der Waals surface area contributed by atoms with Gasteiger partial charge in [0.05, 0.1) is 11.9 Å². The third-order valence-corrected chi connectivity index (χ3v) is 7.11. The minimum Gasteiger partial charge on any atom is -0.454 e. The molecular formula is C25H33N3O6S. The van der Waals surface area contributed by atoms with Gasteiger partial charge in [0.25, 0.3) is 0 Å². The molecule has 0 aromatic heterocycles. The number of sulfonamides is 1. The normalized spacial score (nSPS) is 13.3. The molecule has 1 heterocycles. The first-order valence-electron chi connectivity index (χ1n) is 11.6. The molecule has 10 heteroatoms. The molecule has 190 valence electrons. The summed E-state index contributed by atoms with van der Waals surface area (Å²) in [5, 5.41) is 2.77. The first-order valence-corrected chi connectivity index (χ1v) is 13.5. The number of amides is 2. The summed E-state index contributed by atoms with van der Waals surface area (Å²) in [6.07, 6.45) is 1.50. The average molecular weight is 504 g/mol. The van der Waals surface area contributed by atoms with E-state index >= 15 is 0 Å². The quantitative estimate of drug-likeness (QED) is 0.506. The number of aryl methyl sites for hydroxylation is 1. The molecule has 3 rings (SSSR count). The van der Waals surface area contributed by atoms with E-state index in [-0.39, 0.29) is 38.0 Å². The Bertz CT molecular complexity index is 1170. The Morgan fingerprint density at radius 3 is 2.51 bits per heavy atom. The van der Waals surface area contributed by atoms with Crippen LogP contribution in [-0.4, -0.2) is 57.3 Å². The fourth-order valence-corrected chi connectivity index (χ4v) is 4.88. The lowest BCUT2D eigenvalue weighted by Gasteiger charge is -2.30. The summed E-state index contributed by atoms with van der Waals surface area (Å²) < 4.78 is 36.9. The zero-order chi connectivity index (χ0) is 25.6. The topological polar surface area (TPSA) is 105 Å². The van der Waals surface area contributed by atoms with E-state index in [0.717, 1.165) is 17.4 Å². The second kappa shape index (κ2) is 11.4. The van der Waals surface area contributed by atoms with Gasteiger partial charge < -0.3 is 19.7 Å². The number of carbonyl (C=O) groups excluding carboxylic acids is 2. The van der Waals surface area contributed by atoms with Crippen LogP contribution in [0.4, 0.5) is 5.69 Å². The van der Waals surface area contributed by atoms with E-state index < -0.39 is 16.1 Å². The lowest BCUT2D eigenvalue weighted by Crippen LogP contribution is -2.47. The van der Waals surface area contributed by atoms with Crippen LogP contribution in [-0.2, 0) is 26.2 Å². The van der Waals surface area contributed by atoms with Crippen LogP contribution in [0, 0.1) is 6.92 Å². The highest BCUT2D eigenvalue weighted by Crippen LogP contribution is 2.36. The number of ether oxygens (including phenoxy) is 2. The predicted octanol–water partition coefficient (Wildman–Crippen LogP) is 2.82. The van der Waals surface area contributed by atoms with Crippen molar-refractivity contribution in [2.45, 2.75) is 46.2 Å². The summed E-state index contributed by atoms with van der Waals surface area (Å²) in [5.74, 6) is 0.592. The Balaban J connectivity index is 1.73. The SMILES string of the molecule is CCNC(=O)[C@H](C)N(Cc1ccccc1C)C(=O)CCCN(c1ccc2c(c1)OCO2)S(C)(=O)=O. The van der Waals surface area contributed by atoms with Gasteiger partial charge in [-0.15, -0.1) is 0 Å². The van der Waals surface area contributed by atoms with Crippen LogP contribution >= 0.6 is 0 Å². The maximum absolute atomic E-state index is 13.3. The van der Waals surface area contributed by atoms with Crippen molar-refractivity contribution in [2.24, 2.45) is 0 Å². The van der Waals surface area contributed by atoms with Crippen LogP contribution < -0.4 is 19.1 Å². The van der Waals surface area contributed by atoms with Crippen LogP contribution in [0.25, 0.3) is 0 Å². The molecule has 0 fully saturated rings. The first kappa shape index (κ1) is 26.3. The summed E-state index contributed by atoms with van der Waals surface area (Å²) in [5.41, 5.74) is 2.42. The van der Waals surface area contributed by atoms with E-state index in [9.17, 15) is 18.0 Å². The van der Waals surface area contributed by atoms with Gasteiger partial charge >= 0.3 is 0 Å². The molecule has 9 nitrogen and oxygen atoms in total. The molecule has 1 N–H and O–H groups in total. The van der Waals surface area contributed by atoms with E-state index in [1.807, 2.05) is 38.1 Å². The van der Waals surface area contributed by atoms with Crippen LogP contribution in [0.3, 0.4) is 0 Å². The maximum Gasteiger partial charge on any atom is 0.242 e. The van der Waals surface area contributed by atoms with Crippen molar-refractivity contribution in [1.82, 2.24) is 10.2 Å². The smallest absolute Gasteiger partial charge is 0.242 e. The number of hydrogen-bond donors (Lipinski definition) is 1. The fourth-order valence-electron chi connectivity index (χ4n) is 3.92. The van der Waals surface area contributed by atoms with Gasteiger partial charge in [0.2, 0.25) is 28.6 Å². The zero-order valence-corrected chi connectivity index (χ0v) is 21.4.